The monoisotopic (exact) mass is 244 g/mol. The number of aryl methyl sites for hydroxylation is 1. The van der Waals surface area contributed by atoms with Gasteiger partial charge >= 0.3 is 0 Å². The molecule has 0 aliphatic carbocycles. The number of hydrogen-bond donors (Lipinski definition) is 1. The van der Waals surface area contributed by atoms with Crippen LogP contribution in [0.25, 0.3) is 0 Å². The average Bonchev–Trinajstić information content (AvgIpc) is 2.72. The third kappa shape index (κ3) is 3.34. The Kier molecular flexibility index (Phi) is 3.99. The quantitative estimate of drug-likeness (QED) is 0.814. The van der Waals surface area contributed by atoms with E-state index in [1.165, 1.54) is 11.3 Å². The molecule has 1 heterocycles. The predicted molar refractivity (Wildman–Crippen MR) is 74.1 cm³/mol. The largest absolute Gasteiger partial charge is 0.399 e. The maximum Gasteiger partial charge on any atom is 0.0492 e. The standard InChI is InChI=1S/C14H20N4/c1-17(9-7-14-6-8-16-18(14)2)11-12-4-3-5-13(15)10-12/h3-6,8,10H,7,9,11,15H2,1-2H3. The second-order valence-electron chi connectivity index (χ2n) is 4.68. The fourth-order valence-corrected chi connectivity index (χ4v) is 2.03. The molecule has 1 aromatic heterocycles. The first-order chi connectivity index (χ1) is 8.65. The Hall–Kier alpha value is -1.81. The van der Waals surface area contributed by atoms with Gasteiger partial charge in [-0.05, 0) is 30.8 Å². The van der Waals surface area contributed by atoms with Crippen LogP contribution in [0.4, 0.5) is 5.69 Å². The minimum atomic E-state index is 0.826. The summed E-state index contributed by atoms with van der Waals surface area (Å²) >= 11 is 0. The number of aromatic nitrogens is 2. The molecule has 2 aromatic rings. The third-order valence-electron chi connectivity index (χ3n) is 3.08. The summed E-state index contributed by atoms with van der Waals surface area (Å²) in [6.45, 7) is 1.93. The molecule has 4 nitrogen and oxygen atoms in total. The number of likely N-dealkylation sites (N-methyl/N-ethyl adjacent to an activating group) is 1. The molecule has 0 atom stereocenters. The highest BCUT2D eigenvalue weighted by atomic mass is 15.3. The second kappa shape index (κ2) is 5.69. The number of nitrogens with zero attached hydrogens (tertiary/aromatic N) is 3. The predicted octanol–water partition coefficient (Wildman–Crippen LogP) is 1.68. The van der Waals surface area contributed by atoms with Gasteiger partial charge in [0.05, 0.1) is 0 Å². The van der Waals surface area contributed by atoms with Crippen molar-refractivity contribution in [1.82, 2.24) is 14.7 Å². The SMILES string of the molecule is CN(CCc1ccnn1C)Cc1cccc(N)c1. The molecular weight excluding hydrogens is 224 g/mol. The summed E-state index contributed by atoms with van der Waals surface area (Å²) in [5.41, 5.74) is 9.11. The summed E-state index contributed by atoms with van der Waals surface area (Å²) < 4.78 is 1.92. The van der Waals surface area contributed by atoms with Gasteiger partial charge in [0, 0.05) is 44.1 Å². The average molecular weight is 244 g/mol. The molecule has 0 spiro atoms. The van der Waals surface area contributed by atoms with Crippen LogP contribution in [0.1, 0.15) is 11.3 Å². The Balaban J connectivity index is 1.86. The van der Waals surface area contributed by atoms with Crippen molar-refractivity contribution >= 4 is 5.69 Å². The van der Waals surface area contributed by atoms with E-state index in [1.807, 2.05) is 36.1 Å². The maximum atomic E-state index is 5.78. The molecule has 0 unspecified atom stereocenters. The number of nitrogen functional groups attached to an aromatic ring is 1. The van der Waals surface area contributed by atoms with Crippen LogP contribution in [0, 0.1) is 0 Å². The fourth-order valence-electron chi connectivity index (χ4n) is 2.03. The van der Waals surface area contributed by atoms with E-state index >= 15 is 0 Å². The normalized spacial score (nSPS) is 11.1. The van der Waals surface area contributed by atoms with E-state index in [9.17, 15) is 0 Å². The maximum absolute atomic E-state index is 5.78. The van der Waals surface area contributed by atoms with Gasteiger partial charge in [-0.25, -0.2) is 0 Å². The molecule has 0 bridgehead atoms. The topological polar surface area (TPSA) is 47.1 Å². The van der Waals surface area contributed by atoms with Gasteiger partial charge in [-0.2, -0.15) is 5.10 Å². The molecule has 1 aromatic carbocycles. The van der Waals surface area contributed by atoms with E-state index in [4.69, 9.17) is 5.73 Å². The van der Waals surface area contributed by atoms with Crippen LogP contribution in [0.3, 0.4) is 0 Å². The lowest BCUT2D eigenvalue weighted by atomic mass is 10.2. The lowest BCUT2D eigenvalue weighted by molar-refractivity contribution is 0.328. The lowest BCUT2D eigenvalue weighted by Gasteiger charge is -2.16. The van der Waals surface area contributed by atoms with Crippen LogP contribution < -0.4 is 5.73 Å². The highest BCUT2D eigenvalue weighted by Gasteiger charge is 2.03. The van der Waals surface area contributed by atoms with Gasteiger partial charge in [0.1, 0.15) is 0 Å². The van der Waals surface area contributed by atoms with Crippen molar-refractivity contribution < 1.29 is 0 Å². The Morgan fingerprint density at radius 2 is 2.17 bits per heavy atom. The Morgan fingerprint density at radius 1 is 1.33 bits per heavy atom. The highest BCUT2D eigenvalue weighted by molar-refractivity contribution is 5.40. The Labute approximate surface area is 108 Å². The molecule has 0 saturated carbocycles. The molecule has 0 aliphatic rings. The minimum absolute atomic E-state index is 0.826. The zero-order valence-electron chi connectivity index (χ0n) is 11.0. The molecule has 0 fully saturated rings. The van der Waals surface area contributed by atoms with Crippen LogP contribution in [0.15, 0.2) is 36.5 Å². The van der Waals surface area contributed by atoms with Gasteiger partial charge in [-0.3, -0.25) is 4.68 Å². The van der Waals surface area contributed by atoms with E-state index in [1.54, 1.807) is 0 Å². The minimum Gasteiger partial charge on any atom is -0.399 e. The van der Waals surface area contributed by atoms with Crippen molar-refractivity contribution in [2.24, 2.45) is 7.05 Å². The first-order valence-electron chi connectivity index (χ1n) is 6.15. The van der Waals surface area contributed by atoms with Gasteiger partial charge in [0.25, 0.3) is 0 Å². The van der Waals surface area contributed by atoms with Crippen molar-refractivity contribution in [2.45, 2.75) is 13.0 Å². The lowest BCUT2D eigenvalue weighted by Crippen LogP contribution is -2.21. The second-order valence-corrected chi connectivity index (χ2v) is 4.68. The van der Waals surface area contributed by atoms with Crippen molar-refractivity contribution in [3.8, 4) is 0 Å². The zero-order valence-corrected chi connectivity index (χ0v) is 11.0. The Bertz CT molecular complexity index is 504. The van der Waals surface area contributed by atoms with Crippen LogP contribution >= 0.6 is 0 Å². The van der Waals surface area contributed by atoms with Crippen LogP contribution in [0.2, 0.25) is 0 Å². The molecule has 2 N–H and O–H groups in total. The van der Waals surface area contributed by atoms with Gasteiger partial charge in [-0.1, -0.05) is 12.1 Å². The zero-order chi connectivity index (χ0) is 13.0. The molecular formula is C14H20N4. The molecule has 0 saturated heterocycles. The summed E-state index contributed by atoms with van der Waals surface area (Å²) in [5, 5.41) is 4.17. The van der Waals surface area contributed by atoms with E-state index in [0.717, 1.165) is 25.2 Å². The molecule has 0 amide bonds. The molecule has 0 radical (unpaired) electrons. The molecule has 0 aliphatic heterocycles. The fraction of sp³-hybridized carbons (Fsp3) is 0.357. The number of rotatable bonds is 5. The highest BCUT2D eigenvalue weighted by Crippen LogP contribution is 2.09. The summed E-state index contributed by atoms with van der Waals surface area (Å²) in [4.78, 5) is 2.29. The van der Waals surface area contributed by atoms with E-state index in [0.29, 0.717) is 0 Å². The van der Waals surface area contributed by atoms with Gasteiger partial charge in [0.15, 0.2) is 0 Å². The number of nitrogens with two attached hydrogens (primary N) is 1. The van der Waals surface area contributed by atoms with Gasteiger partial charge < -0.3 is 10.6 Å². The third-order valence-corrected chi connectivity index (χ3v) is 3.08. The number of hydrogen-bond acceptors (Lipinski definition) is 3. The van der Waals surface area contributed by atoms with Gasteiger partial charge in [0.2, 0.25) is 0 Å². The smallest absolute Gasteiger partial charge is 0.0492 e. The van der Waals surface area contributed by atoms with Crippen LogP contribution in [-0.4, -0.2) is 28.3 Å². The number of anilines is 1. The molecule has 2 rings (SSSR count). The van der Waals surface area contributed by atoms with Gasteiger partial charge in [-0.15, -0.1) is 0 Å². The molecule has 96 valence electrons. The first kappa shape index (κ1) is 12.6. The van der Waals surface area contributed by atoms with Crippen LogP contribution in [-0.2, 0) is 20.0 Å². The summed E-state index contributed by atoms with van der Waals surface area (Å²) in [7, 11) is 4.10. The van der Waals surface area contributed by atoms with E-state index in [2.05, 4.69) is 29.2 Å². The Morgan fingerprint density at radius 3 is 2.83 bits per heavy atom. The van der Waals surface area contributed by atoms with Crippen molar-refractivity contribution in [3.05, 3.63) is 47.8 Å². The summed E-state index contributed by atoms with van der Waals surface area (Å²) in [6.07, 6.45) is 2.85. The number of benzene rings is 1. The van der Waals surface area contributed by atoms with Crippen LogP contribution in [0.5, 0.6) is 0 Å². The molecule has 18 heavy (non-hydrogen) atoms. The van der Waals surface area contributed by atoms with Crippen molar-refractivity contribution in [1.29, 1.82) is 0 Å². The summed E-state index contributed by atoms with van der Waals surface area (Å²) in [6, 6.07) is 10.1. The van der Waals surface area contributed by atoms with E-state index in [-0.39, 0.29) is 0 Å². The van der Waals surface area contributed by atoms with E-state index < -0.39 is 0 Å². The van der Waals surface area contributed by atoms with Crippen molar-refractivity contribution in [2.75, 3.05) is 19.3 Å². The first-order valence-corrected chi connectivity index (χ1v) is 6.15. The molecule has 4 heteroatoms. The van der Waals surface area contributed by atoms with Crippen molar-refractivity contribution in [3.63, 3.8) is 0 Å². The summed E-state index contributed by atoms with van der Waals surface area (Å²) in [5.74, 6) is 0.